The summed E-state index contributed by atoms with van der Waals surface area (Å²) >= 11 is 8.78. The maximum absolute atomic E-state index is 13.2. The summed E-state index contributed by atoms with van der Waals surface area (Å²) in [5, 5.41) is -0.0133. The molecule has 0 amide bonds. The molecule has 1 aromatic carbocycles. The number of rotatable bonds is 2. The van der Waals surface area contributed by atoms with Crippen molar-refractivity contribution in [3.05, 3.63) is 32.2 Å². The van der Waals surface area contributed by atoms with Crippen LogP contribution in [0.25, 0.3) is 0 Å². The molecule has 0 spiro atoms. The minimum atomic E-state index is -0.873. The van der Waals surface area contributed by atoms with Crippen LogP contribution in [0.1, 0.15) is 10.4 Å². The normalized spacial score (nSPS) is 10.4. The molecule has 0 aliphatic carbocycles. The number of alkyl halides is 1. The molecule has 0 aromatic heterocycles. The molecule has 0 unspecified atom stereocenters. The molecule has 0 bridgehead atoms. The van der Waals surface area contributed by atoms with E-state index in [4.69, 9.17) is 0 Å². The van der Waals surface area contributed by atoms with Gasteiger partial charge in [0, 0.05) is 10.5 Å². The van der Waals surface area contributed by atoms with Gasteiger partial charge in [0.2, 0.25) is 0 Å². The van der Waals surface area contributed by atoms with E-state index in [1.165, 1.54) is 0 Å². The first-order chi connectivity index (χ1) is 6.49. The molecule has 0 saturated heterocycles. The van der Waals surface area contributed by atoms with Crippen LogP contribution in [0, 0.1) is 11.6 Å². The number of ketones is 1. The van der Waals surface area contributed by atoms with E-state index in [0.29, 0.717) is 6.07 Å². The Bertz CT molecular complexity index is 393. The molecule has 6 heteroatoms. The van der Waals surface area contributed by atoms with Crippen molar-refractivity contribution in [3.63, 3.8) is 0 Å². The Labute approximate surface area is 104 Å². The predicted octanol–water partition coefficient (Wildman–Crippen LogP) is 4.07. The van der Waals surface area contributed by atoms with E-state index >= 15 is 0 Å². The second kappa shape index (κ2) is 4.81. The Balaban J connectivity index is 3.44. The Morgan fingerprint density at radius 1 is 1.21 bits per heavy atom. The van der Waals surface area contributed by atoms with Crippen LogP contribution in [0.4, 0.5) is 8.78 Å². The standard InChI is InChI=1S/C8H3Br3F2O/c9-2-5(14)6-3(12)1-4(13)7(10)8(6)11/h1H,2H2. The Hall–Kier alpha value is 0.190. The molecule has 0 heterocycles. The Morgan fingerprint density at radius 3 is 2.29 bits per heavy atom. The number of halogens is 5. The molecule has 1 rings (SSSR count). The zero-order chi connectivity index (χ0) is 10.9. The first kappa shape index (κ1) is 12.3. The summed E-state index contributed by atoms with van der Waals surface area (Å²) in [7, 11) is 0. The highest BCUT2D eigenvalue weighted by molar-refractivity contribution is 9.13. The summed E-state index contributed by atoms with van der Waals surface area (Å²) in [6.45, 7) is 0. The van der Waals surface area contributed by atoms with Gasteiger partial charge in [-0.2, -0.15) is 0 Å². The quantitative estimate of drug-likeness (QED) is 0.321. The predicted molar refractivity (Wildman–Crippen MR) is 59.9 cm³/mol. The first-order valence-corrected chi connectivity index (χ1v) is 6.12. The Morgan fingerprint density at radius 2 is 1.79 bits per heavy atom. The van der Waals surface area contributed by atoms with Gasteiger partial charge in [0.05, 0.1) is 15.4 Å². The van der Waals surface area contributed by atoms with Gasteiger partial charge in [0.15, 0.2) is 5.78 Å². The number of carbonyl (C=O) groups is 1. The number of Topliss-reactive ketones (excluding diaryl/α,β-unsaturated/α-hetero) is 1. The molecule has 1 nitrogen and oxygen atoms in total. The van der Waals surface area contributed by atoms with Gasteiger partial charge in [-0.1, -0.05) is 15.9 Å². The lowest BCUT2D eigenvalue weighted by molar-refractivity contribution is 0.101. The van der Waals surface area contributed by atoms with Gasteiger partial charge in [-0.05, 0) is 31.9 Å². The molecule has 0 fully saturated rings. The summed E-state index contributed by atoms with van der Waals surface area (Å²) in [5.74, 6) is -2.07. The van der Waals surface area contributed by atoms with Gasteiger partial charge in [0.25, 0.3) is 0 Å². The largest absolute Gasteiger partial charge is 0.293 e. The highest BCUT2D eigenvalue weighted by Gasteiger charge is 2.19. The van der Waals surface area contributed by atoms with Crippen molar-refractivity contribution in [3.8, 4) is 0 Å². The first-order valence-electron chi connectivity index (χ1n) is 3.41. The number of hydrogen-bond acceptors (Lipinski definition) is 1. The fraction of sp³-hybridized carbons (Fsp3) is 0.125. The maximum Gasteiger partial charge on any atom is 0.177 e. The second-order valence-corrected chi connectivity index (χ2v) is 4.55. The van der Waals surface area contributed by atoms with E-state index in [1.807, 2.05) is 0 Å². The summed E-state index contributed by atoms with van der Waals surface area (Å²) < 4.78 is 26.3. The smallest absolute Gasteiger partial charge is 0.177 e. The molecule has 0 radical (unpaired) electrons. The molecule has 0 aliphatic rings. The highest BCUT2D eigenvalue weighted by Crippen LogP contribution is 2.31. The van der Waals surface area contributed by atoms with Crippen LogP contribution in [0.5, 0.6) is 0 Å². The fourth-order valence-corrected chi connectivity index (χ4v) is 2.08. The lowest BCUT2D eigenvalue weighted by atomic mass is 10.1. The Kier molecular flexibility index (Phi) is 4.21. The van der Waals surface area contributed by atoms with Crippen molar-refractivity contribution in [1.82, 2.24) is 0 Å². The van der Waals surface area contributed by atoms with Crippen LogP contribution in [0.3, 0.4) is 0 Å². The number of benzene rings is 1. The van der Waals surface area contributed by atoms with E-state index in [1.54, 1.807) is 0 Å². The van der Waals surface area contributed by atoms with Crippen molar-refractivity contribution in [2.24, 2.45) is 0 Å². The maximum atomic E-state index is 13.2. The van der Waals surface area contributed by atoms with Crippen LogP contribution in [0.2, 0.25) is 0 Å². The minimum Gasteiger partial charge on any atom is -0.293 e. The van der Waals surface area contributed by atoms with Crippen molar-refractivity contribution >= 4 is 53.6 Å². The van der Waals surface area contributed by atoms with E-state index < -0.39 is 17.4 Å². The SMILES string of the molecule is O=C(CBr)c1c(F)cc(F)c(Br)c1Br. The van der Waals surface area contributed by atoms with Crippen LogP contribution in [-0.2, 0) is 0 Å². The lowest BCUT2D eigenvalue weighted by Crippen LogP contribution is -2.06. The van der Waals surface area contributed by atoms with Gasteiger partial charge >= 0.3 is 0 Å². The van der Waals surface area contributed by atoms with Crippen molar-refractivity contribution < 1.29 is 13.6 Å². The molecule has 0 saturated carbocycles. The minimum absolute atomic E-state index is 0.0133. The van der Waals surface area contributed by atoms with Gasteiger partial charge in [-0.3, -0.25) is 4.79 Å². The fourth-order valence-electron chi connectivity index (χ4n) is 0.889. The molecule has 0 N–H and O–H groups in total. The number of carbonyl (C=O) groups excluding carboxylic acids is 1. The van der Waals surface area contributed by atoms with E-state index in [-0.39, 0.29) is 19.8 Å². The molecule has 14 heavy (non-hydrogen) atoms. The summed E-state index contributed by atoms with van der Waals surface area (Å²) in [6.07, 6.45) is 0. The van der Waals surface area contributed by atoms with Crippen molar-refractivity contribution in [2.75, 3.05) is 5.33 Å². The monoisotopic (exact) mass is 390 g/mol. The highest BCUT2D eigenvalue weighted by atomic mass is 79.9. The van der Waals surface area contributed by atoms with Crippen LogP contribution in [0.15, 0.2) is 15.0 Å². The molecule has 76 valence electrons. The summed E-state index contributed by atoms with van der Waals surface area (Å²) in [5.41, 5.74) is -0.157. The van der Waals surface area contributed by atoms with Gasteiger partial charge in [-0.15, -0.1) is 0 Å². The molecule has 0 atom stereocenters. The van der Waals surface area contributed by atoms with E-state index in [2.05, 4.69) is 47.8 Å². The zero-order valence-electron chi connectivity index (χ0n) is 6.58. The van der Waals surface area contributed by atoms with Crippen molar-refractivity contribution in [2.45, 2.75) is 0 Å². The lowest BCUT2D eigenvalue weighted by Gasteiger charge is -2.06. The third-order valence-electron chi connectivity index (χ3n) is 1.51. The van der Waals surface area contributed by atoms with E-state index in [0.717, 1.165) is 0 Å². The summed E-state index contributed by atoms with van der Waals surface area (Å²) in [4.78, 5) is 11.3. The molecule has 1 aromatic rings. The summed E-state index contributed by atoms with van der Waals surface area (Å²) in [6, 6.07) is 0.671. The number of hydrogen-bond donors (Lipinski definition) is 0. The van der Waals surface area contributed by atoms with Gasteiger partial charge in [-0.25, -0.2) is 8.78 Å². The van der Waals surface area contributed by atoms with Gasteiger partial charge < -0.3 is 0 Å². The molecular formula is C8H3Br3F2O. The van der Waals surface area contributed by atoms with Crippen LogP contribution >= 0.6 is 47.8 Å². The van der Waals surface area contributed by atoms with Crippen LogP contribution < -0.4 is 0 Å². The molecular weight excluding hydrogens is 390 g/mol. The molecule has 0 aliphatic heterocycles. The van der Waals surface area contributed by atoms with Crippen LogP contribution in [-0.4, -0.2) is 11.1 Å². The zero-order valence-corrected chi connectivity index (χ0v) is 11.3. The van der Waals surface area contributed by atoms with E-state index in [9.17, 15) is 13.6 Å². The topological polar surface area (TPSA) is 17.1 Å². The second-order valence-electron chi connectivity index (χ2n) is 2.40. The van der Waals surface area contributed by atoms with Gasteiger partial charge in [0.1, 0.15) is 11.6 Å². The average molecular weight is 393 g/mol. The average Bonchev–Trinajstić information content (AvgIpc) is 2.14. The third kappa shape index (κ3) is 2.23. The third-order valence-corrected chi connectivity index (χ3v) is 4.12. The van der Waals surface area contributed by atoms with Crippen molar-refractivity contribution in [1.29, 1.82) is 0 Å².